The van der Waals surface area contributed by atoms with Crippen molar-refractivity contribution < 1.29 is 5.21 Å². The molecule has 0 radical (unpaired) electrons. The van der Waals surface area contributed by atoms with Gasteiger partial charge >= 0.3 is 0 Å². The molecule has 0 bridgehead atoms. The molecule has 0 saturated heterocycles. The third kappa shape index (κ3) is 3.76. The van der Waals surface area contributed by atoms with E-state index in [9.17, 15) is 5.21 Å². The molecule has 7 heteroatoms. The molecule has 0 spiro atoms. The van der Waals surface area contributed by atoms with Gasteiger partial charge in [0.15, 0.2) is 5.82 Å². The van der Waals surface area contributed by atoms with Crippen LogP contribution in [-0.4, -0.2) is 29.0 Å². The quantitative estimate of drug-likeness (QED) is 0.451. The number of rotatable bonds is 4. The van der Waals surface area contributed by atoms with E-state index in [4.69, 9.17) is 0 Å². The van der Waals surface area contributed by atoms with Crippen LogP contribution in [0.1, 0.15) is 5.82 Å². The molecule has 1 N–H and O–H groups in total. The van der Waals surface area contributed by atoms with Gasteiger partial charge < -0.3 is 14.3 Å². The summed E-state index contributed by atoms with van der Waals surface area (Å²) in [6.07, 6.45) is 7.92. The third-order valence-corrected chi connectivity index (χ3v) is 4.93. The highest BCUT2D eigenvalue weighted by molar-refractivity contribution is 5.57. The highest BCUT2D eigenvalue weighted by atomic mass is 16.5. The normalized spacial score (nSPS) is 11.7. The minimum Gasteiger partial charge on any atom is -0.423 e. The van der Waals surface area contributed by atoms with Gasteiger partial charge in [-0.15, -0.1) is 4.73 Å². The number of benzene rings is 2. The Bertz CT molecular complexity index is 1360. The maximum Gasteiger partial charge on any atom is 0.267 e. The second-order valence-electron chi connectivity index (χ2n) is 7.06. The van der Waals surface area contributed by atoms with Crippen molar-refractivity contribution in [2.24, 2.45) is 4.99 Å². The molecular weight excluding hydrogens is 388 g/mol. The second kappa shape index (κ2) is 7.79. The minimum absolute atomic E-state index is 0.172. The highest BCUT2D eigenvalue weighted by Gasteiger charge is 2.09. The fourth-order valence-electron chi connectivity index (χ4n) is 3.38. The Morgan fingerprint density at radius 1 is 0.710 bits per heavy atom. The van der Waals surface area contributed by atoms with Gasteiger partial charge in [0.2, 0.25) is 0 Å². The molecule has 3 heterocycles. The van der Waals surface area contributed by atoms with Crippen LogP contribution in [0, 0.1) is 6.92 Å². The van der Waals surface area contributed by atoms with Crippen molar-refractivity contribution in [3.63, 3.8) is 0 Å². The molecule has 0 amide bonds. The molecule has 0 atom stereocenters. The largest absolute Gasteiger partial charge is 0.423 e. The number of hydrogen-bond donors (Lipinski definition) is 1. The van der Waals surface area contributed by atoms with Crippen molar-refractivity contribution in [3.05, 3.63) is 109 Å². The summed E-state index contributed by atoms with van der Waals surface area (Å²) < 4.78 is 4.96. The molecule has 0 aliphatic rings. The van der Waals surface area contributed by atoms with Crippen LogP contribution in [0.3, 0.4) is 0 Å². The summed E-state index contributed by atoms with van der Waals surface area (Å²) in [7, 11) is 0. The number of aryl methyl sites for hydroxylation is 1. The van der Waals surface area contributed by atoms with Crippen molar-refractivity contribution in [2.45, 2.75) is 6.92 Å². The smallest absolute Gasteiger partial charge is 0.267 e. The molecule has 2 aromatic carbocycles. The van der Waals surface area contributed by atoms with Crippen molar-refractivity contribution in [1.82, 2.24) is 23.8 Å². The molecule has 5 aromatic rings. The van der Waals surface area contributed by atoms with E-state index in [-0.39, 0.29) is 5.62 Å². The maximum atomic E-state index is 10.8. The van der Waals surface area contributed by atoms with E-state index in [2.05, 4.69) is 15.0 Å². The summed E-state index contributed by atoms with van der Waals surface area (Å²) in [5.41, 5.74) is 3.68. The average Bonchev–Trinajstić information content (AvgIpc) is 3.51. The van der Waals surface area contributed by atoms with Crippen molar-refractivity contribution in [1.29, 1.82) is 0 Å². The van der Waals surface area contributed by atoms with Crippen LogP contribution in [-0.2, 0) is 0 Å². The van der Waals surface area contributed by atoms with Crippen molar-refractivity contribution in [2.75, 3.05) is 0 Å². The van der Waals surface area contributed by atoms with Crippen LogP contribution in [0.5, 0.6) is 0 Å². The Morgan fingerprint density at radius 2 is 1.23 bits per heavy atom. The molecule has 0 aliphatic carbocycles. The van der Waals surface area contributed by atoms with Crippen LogP contribution in [0.15, 0.2) is 103 Å². The minimum atomic E-state index is 0.172. The van der Waals surface area contributed by atoms with Crippen molar-refractivity contribution in [3.8, 4) is 22.8 Å². The zero-order valence-corrected chi connectivity index (χ0v) is 16.9. The average molecular weight is 408 g/mol. The lowest BCUT2D eigenvalue weighted by molar-refractivity contribution is 0.168. The monoisotopic (exact) mass is 408 g/mol. The first-order valence-corrected chi connectivity index (χ1v) is 9.86. The molecule has 0 aliphatic heterocycles. The first-order chi connectivity index (χ1) is 15.2. The molecule has 3 aromatic heterocycles. The van der Waals surface area contributed by atoms with E-state index in [1.54, 1.807) is 6.92 Å². The maximum absolute atomic E-state index is 10.8. The lowest BCUT2D eigenvalue weighted by Gasteiger charge is -2.09. The van der Waals surface area contributed by atoms with Gasteiger partial charge in [0, 0.05) is 41.7 Å². The Kier molecular flexibility index (Phi) is 4.68. The zero-order valence-electron chi connectivity index (χ0n) is 16.9. The molecular formula is C24H20N6O. The fourth-order valence-corrected chi connectivity index (χ4v) is 3.38. The number of nitrogens with zero attached hydrogens (tertiary/aromatic N) is 6. The van der Waals surface area contributed by atoms with E-state index in [0.29, 0.717) is 17.3 Å². The lowest BCUT2D eigenvalue weighted by Crippen LogP contribution is -2.26. The second-order valence-corrected chi connectivity index (χ2v) is 7.06. The van der Waals surface area contributed by atoms with E-state index in [1.165, 1.54) is 0 Å². The third-order valence-electron chi connectivity index (χ3n) is 4.93. The van der Waals surface area contributed by atoms with Gasteiger partial charge in [-0.25, -0.2) is 9.98 Å². The lowest BCUT2D eigenvalue weighted by atomic mass is 10.2. The SMILES string of the molecule is Cc1nc(-c2ccc(-n3cccc3)cc2)n(O)c(=Nc2ccc(-n3cccc3)cc2)n1. The van der Waals surface area contributed by atoms with E-state index < -0.39 is 0 Å². The predicted molar refractivity (Wildman–Crippen MR) is 118 cm³/mol. The Morgan fingerprint density at radius 3 is 1.77 bits per heavy atom. The zero-order chi connectivity index (χ0) is 21.2. The summed E-state index contributed by atoms with van der Waals surface area (Å²) in [4.78, 5) is 13.2. The molecule has 0 unspecified atom stereocenters. The first-order valence-electron chi connectivity index (χ1n) is 9.86. The molecule has 0 fully saturated rings. The Labute approximate surface area is 178 Å². The molecule has 0 saturated carbocycles. The van der Waals surface area contributed by atoms with Crippen LogP contribution in [0.4, 0.5) is 5.69 Å². The van der Waals surface area contributed by atoms with Gasteiger partial charge in [-0.1, -0.05) is 0 Å². The molecule has 152 valence electrons. The summed E-state index contributed by atoms with van der Waals surface area (Å²) >= 11 is 0. The molecule has 7 nitrogen and oxygen atoms in total. The van der Waals surface area contributed by atoms with Crippen LogP contribution >= 0.6 is 0 Å². The number of hydrogen-bond acceptors (Lipinski definition) is 4. The van der Waals surface area contributed by atoms with Crippen LogP contribution in [0.2, 0.25) is 0 Å². The van der Waals surface area contributed by atoms with E-state index in [1.807, 2.05) is 107 Å². The van der Waals surface area contributed by atoms with E-state index >= 15 is 0 Å². The summed E-state index contributed by atoms with van der Waals surface area (Å²) in [5, 5.41) is 10.8. The van der Waals surface area contributed by atoms with Crippen molar-refractivity contribution >= 4 is 5.69 Å². The topological polar surface area (TPSA) is 73.2 Å². The van der Waals surface area contributed by atoms with Gasteiger partial charge in [-0.3, -0.25) is 0 Å². The van der Waals surface area contributed by atoms with Gasteiger partial charge in [0.25, 0.3) is 5.62 Å². The van der Waals surface area contributed by atoms with Gasteiger partial charge in [0.05, 0.1) is 5.69 Å². The fraction of sp³-hybridized carbons (Fsp3) is 0.0417. The van der Waals surface area contributed by atoms with E-state index in [0.717, 1.165) is 21.7 Å². The summed E-state index contributed by atoms with van der Waals surface area (Å²) in [5.74, 6) is 0.909. The van der Waals surface area contributed by atoms with Crippen LogP contribution in [0.25, 0.3) is 22.8 Å². The van der Waals surface area contributed by atoms with Crippen LogP contribution < -0.4 is 5.62 Å². The predicted octanol–water partition coefficient (Wildman–Crippen LogP) is 4.30. The Hall–Kier alpha value is -4.39. The standard InChI is InChI=1S/C24H20N6O/c1-18-25-23(19-6-10-21(11-7-19)28-14-2-3-15-28)30(31)24(26-18)27-20-8-12-22(13-9-20)29-16-4-5-17-29/h2-17,31H,1H3. The summed E-state index contributed by atoms with van der Waals surface area (Å²) in [6.45, 7) is 1.78. The summed E-state index contributed by atoms with van der Waals surface area (Å²) in [6, 6.07) is 23.4. The van der Waals surface area contributed by atoms with Gasteiger partial charge in [-0.05, 0) is 79.7 Å². The van der Waals surface area contributed by atoms with Gasteiger partial charge in [-0.2, -0.15) is 4.98 Å². The first kappa shape index (κ1) is 18.6. The molecule has 5 rings (SSSR count). The molecule has 31 heavy (non-hydrogen) atoms. The Balaban J connectivity index is 1.51. The number of aromatic nitrogens is 5. The van der Waals surface area contributed by atoms with Gasteiger partial charge in [0.1, 0.15) is 5.82 Å². The highest BCUT2D eigenvalue weighted by Crippen LogP contribution is 2.19.